The monoisotopic (exact) mass is 324 g/mol. The van der Waals surface area contributed by atoms with Crippen molar-refractivity contribution in [1.82, 2.24) is 10.3 Å². The summed E-state index contributed by atoms with van der Waals surface area (Å²) < 4.78 is 0. The van der Waals surface area contributed by atoms with Gasteiger partial charge in [0.15, 0.2) is 0 Å². The van der Waals surface area contributed by atoms with E-state index in [1.54, 1.807) is 6.20 Å². The van der Waals surface area contributed by atoms with Gasteiger partial charge in [-0.2, -0.15) is 0 Å². The van der Waals surface area contributed by atoms with Crippen molar-refractivity contribution < 1.29 is 14.7 Å². The summed E-state index contributed by atoms with van der Waals surface area (Å²) in [5.74, 6) is -0.329. The van der Waals surface area contributed by atoms with Gasteiger partial charge in [-0.25, -0.2) is 4.98 Å². The number of amides is 1. The molecule has 1 aromatic heterocycles. The molecule has 1 aliphatic rings. The molecule has 1 atom stereocenters. The second-order valence-corrected chi connectivity index (χ2v) is 7.32. The molecule has 2 rings (SSSR count). The fraction of sp³-hybridized carbons (Fsp3) is 0.688. The van der Waals surface area contributed by atoms with Gasteiger partial charge < -0.3 is 10.4 Å². The van der Waals surface area contributed by atoms with Gasteiger partial charge in [0.25, 0.3) is 5.91 Å². The predicted octanol–water partition coefficient (Wildman–Crippen LogP) is 3.39. The molecular weight excluding hydrogens is 300 g/mol. The van der Waals surface area contributed by atoms with Crippen LogP contribution in [0.5, 0.6) is 0 Å². The minimum atomic E-state index is -0.809. The minimum absolute atomic E-state index is 0.0610. The fourth-order valence-electron chi connectivity index (χ4n) is 3.09. The molecule has 1 unspecified atom stereocenters. The third-order valence-electron chi connectivity index (χ3n) is 4.23. The predicted molar refractivity (Wildman–Crippen MR) is 86.2 cm³/mol. The highest BCUT2D eigenvalue weighted by Gasteiger charge is 2.22. The Morgan fingerprint density at radius 1 is 1.41 bits per heavy atom. The maximum Gasteiger partial charge on any atom is 0.303 e. The number of carbonyl (C=O) groups excluding carboxylic acids is 1. The van der Waals surface area contributed by atoms with Gasteiger partial charge in [-0.05, 0) is 25.7 Å². The van der Waals surface area contributed by atoms with Crippen LogP contribution in [0, 0.1) is 12.8 Å². The molecule has 0 saturated heterocycles. The van der Waals surface area contributed by atoms with E-state index in [4.69, 9.17) is 5.11 Å². The highest BCUT2D eigenvalue weighted by molar-refractivity contribution is 7.13. The van der Waals surface area contributed by atoms with Crippen LogP contribution in [0.25, 0.3) is 0 Å². The number of aliphatic carboxylic acids is 1. The summed E-state index contributed by atoms with van der Waals surface area (Å²) in [6, 6.07) is -0.0610. The van der Waals surface area contributed by atoms with E-state index in [1.165, 1.54) is 43.4 Å². The first-order valence-electron chi connectivity index (χ1n) is 7.99. The van der Waals surface area contributed by atoms with Gasteiger partial charge in [-0.1, -0.05) is 32.1 Å². The first-order chi connectivity index (χ1) is 10.5. The van der Waals surface area contributed by atoms with Gasteiger partial charge in [0.05, 0.1) is 11.2 Å². The summed E-state index contributed by atoms with van der Waals surface area (Å²) >= 11 is 1.37. The normalized spacial score (nSPS) is 17.1. The highest BCUT2D eigenvalue weighted by atomic mass is 32.1. The molecule has 0 radical (unpaired) electrons. The molecule has 0 aliphatic heterocycles. The molecule has 22 heavy (non-hydrogen) atoms. The largest absolute Gasteiger partial charge is 0.481 e. The third-order valence-corrected chi connectivity index (χ3v) is 5.14. The summed E-state index contributed by atoms with van der Waals surface area (Å²) in [4.78, 5) is 27.8. The second-order valence-electron chi connectivity index (χ2n) is 6.09. The number of aromatic nitrogens is 1. The topological polar surface area (TPSA) is 79.3 Å². The van der Waals surface area contributed by atoms with Crippen LogP contribution >= 0.6 is 11.3 Å². The van der Waals surface area contributed by atoms with E-state index in [0.717, 1.165) is 11.4 Å². The lowest BCUT2D eigenvalue weighted by atomic mass is 9.84. The van der Waals surface area contributed by atoms with Crippen LogP contribution in [0.1, 0.15) is 66.0 Å². The number of carboxylic acid groups (broad SMARTS) is 1. The smallest absolute Gasteiger partial charge is 0.303 e. The van der Waals surface area contributed by atoms with Crippen molar-refractivity contribution in [2.45, 2.75) is 64.3 Å². The molecule has 122 valence electrons. The molecule has 2 N–H and O–H groups in total. The Morgan fingerprint density at radius 3 is 2.73 bits per heavy atom. The third kappa shape index (κ3) is 5.40. The van der Waals surface area contributed by atoms with Crippen molar-refractivity contribution >= 4 is 23.2 Å². The van der Waals surface area contributed by atoms with Crippen LogP contribution in [0.15, 0.2) is 6.20 Å². The number of carbonyl (C=O) groups is 2. The molecule has 0 bridgehead atoms. The van der Waals surface area contributed by atoms with Crippen LogP contribution in [0.4, 0.5) is 0 Å². The van der Waals surface area contributed by atoms with Crippen molar-refractivity contribution in [1.29, 1.82) is 0 Å². The number of rotatable bonds is 7. The van der Waals surface area contributed by atoms with E-state index in [9.17, 15) is 9.59 Å². The minimum Gasteiger partial charge on any atom is -0.481 e. The van der Waals surface area contributed by atoms with Gasteiger partial charge in [0, 0.05) is 12.5 Å². The summed E-state index contributed by atoms with van der Waals surface area (Å²) in [6.45, 7) is 1.87. The molecule has 1 aliphatic carbocycles. The molecule has 0 aromatic carbocycles. The molecule has 5 nitrogen and oxygen atoms in total. The SMILES string of the molecule is Cc1ncc(C(=O)NC(CCC(=O)O)CC2CCCCC2)s1. The first-order valence-corrected chi connectivity index (χ1v) is 8.81. The van der Waals surface area contributed by atoms with Gasteiger partial charge in [-0.3, -0.25) is 9.59 Å². The lowest BCUT2D eigenvalue weighted by Gasteiger charge is -2.26. The van der Waals surface area contributed by atoms with E-state index in [0.29, 0.717) is 17.2 Å². The van der Waals surface area contributed by atoms with Crippen molar-refractivity contribution in [2.75, 3.05) is 0 Å². The number of hydrogen-bond donors (Lipinski definition) is 2. The summed E-state index contributed by atoms with van der Waals surface area (Å²) in [7, 11) is 0. The average molecular weight is 324 g/mol. The second kappa shape index (κ2) is 8.27. The van der Waals surface area contributed by atoms with Crippen LogP contribution in [0.3, 0.4) is 0 Å². The maximum absolute atomic E-state index is 12.3. The summed E-state index contributed by atoms with van der Waals surface area (Å²) in [5.41, 5.74) is 0. The van der Waals surface area contributed by atoms with E-state index in [1.807, 2.05) is 6.92 Å². The quantitative estimate of drug-likeness (QED) is 0.806. The summed E-state index contributed by atoms with van der Waals surface area (Å²) in [5, 5.41) is 12.8. The molecule has 6 heteroatoms. The van der Waals surface area contributed by atoms with E-state index >= 15 is 0 Å². The van der Waals surface area contributed by atoms with Crippen LogP contribution in [-0.4, -0.2) is 28.0 Å². The van der Waals surface area contributed by atoms with Gasteiger partial charge >= 0.3 is 5.97 Å². The molecule has 1 saturated carbocycles. The Balaban J connectivity index is 1.93. The Bertz CT molecular complexity index is 509. The van der Waals surface area contributed by atoms with Crippen molar-refractivity contribution in [3.63, 3.8) is 0 Å². The van der Waals surface area contributed by atoms with Crippen molar-refractivity contribution in [3.05, 3.63) is 16.1 Å². The van der Waals surface area contributed by atoms with E-state index < -0.39 is 5.97 Å². The van der Waals surface area contributed by atoms with Crippen molar-refractivity contribution in [2.24, 2.45) is 5.92 Å². The zero-order valence-electron chi connectivity index (χ0n) is 13.0. The Kier molecular flexibility index (Phi) is 6.36. The molecule has 1 aromatic rings. The number of nitrogens with one attached hydrogen (secondary N) is 1. The van der Waals surface area contributed by atoms with Crippen LogP contribution in [-0.2, 0) is 4.79 Å². The number of carboxylic acids is 1. The molecule has 1 fully saturated rings. The van der Waals surface area contributed by atoms with E-state index in [-0.39, 0.29) is 18.4 Å². The van der Waals surface area contributed by atoms with E-state index in [2.05, 4.69) is 10.3 Å². The molecule has 0 spiro atoms. The van der Waals surface area contributed by atoms with Gasteiger partial charge in [0.2, 0.25) is 0 Å². The number of hydrogen-bond acceptors (Lipinski definition) is 4. The van der Waals surface area contributed by atoms with Crippen molar-refractivity contribution in [3.8, 4) is 0 Å². The average Bonchev–Trinajstić information content (AvgIpc) is 2.92. The number of aryl methyl sites for hydroxylation is 1. The van der Waals surface area contributed by atoms with Crippen LogP contribution < -0.4 is 5.32 Å². The zero-order valence-corrected chi connectivity index (χ0v) is 13.8. The maximum atomic E-state index is 12.3. The van der Waals surface area contributed by atoms with Crippen LogP contribution in [0.2, 0.25) is 0 Å². The molecular formula is C16H24N2O3S. The molecule has 1 amide bonds. The van der Waals surface area contributed by atoms with Gasteiger partial charge in [-0.15, -0.1) is 11.3 Å². The Hall–Kier alpha value is -1.43. The fourth-order valence-corrected chi connectivity index (χ4v) is 3.78. The lowest BCUT2D eigenvalue weighted by molar-refractivity contribution is -0.137. The Labute approximate surface area is 135 Å². The Morgan fingerprint density at radius 2 is 2.14 bits per heavy atom. The highest BCUT2D eigenvalue weighted by Crippen LogP contribution is 2.28. The first kappa shape index (κ1) is 16.9. The standard InChI is InChI=1S/C16H24N2O3S/c1-11-17-10-14(22-11)16(21)18-13(7-8-15(19)20)9-12-5-3-2-4-6-12/h10,12-13H,2-9H2,1H3,(H,18,21)(H,19,20). The van der Waals surface area contributed by atoms with Gasteiger partial charge in [0.1, 0.15) is 4.88 Å². The zero-order chi connectivity index (χ0) is 15.9. The summed E-state index contributed by atoms with van der Waals surface area (Å²) in [6.07, 6.45) is 9.24. The lowest BCUT2D eigenvalue weighted by Crippen LogP contribution is -2.36. The number of nitrogens with zero attached hydrogens (tertiary/aromatic N) is 1. The molecule has 1 heterocycles. The number of thiazole rings is 1.